The number of likely N-dealkylation sites (tertiary alicyclic amines) is 1. The molecule has 0 saturated carbocycles. The molecule has 1 aliphatic rings. The first kappa shape index (κ1) is 9.92. The van der Waals surface area contributed by atoms with Gasteiger partial charge in [-0.15, -0.1) is 0 Å². The van der Waals surface area contributed by atoms with E-state index < -0.39 is 0 Å². The second-order valence-corrected chi connectivity index (χ2v) is 3.51. The molecule has 0 aromatic rings. The number of β-amino-alcohol motifs (C(OH)–C–C–N with tert-alkyl or cyclic N) is 1. The topological polar surface area (TPSA) is 58.7 Å². The van der Waals surface area contributed by atoms with Gasteiger partial charge in [0.05, 0.1) is 18.3 Å². The first-order valence-electron chi connectivity index (χ1n) is 4.39. The van der Waals surface area contributed by atoms with Gasteiger partial charge in [0.2, 0.25) is 0 Å². The van der Waals surface area contributed by atoms with Crippen molar-refractivity contribution in [1.82, 2.24) is 4.90 Å². The number of nitrogens with zero attached hydrogens (tertiary/aromatic N) is 1. The lowest BCUT2D eigenvalue weighted by Crippen LogP contribution is -2.30. The lowest BCUT2D eigenvalue weighted by Gasteiger charge is -2.17. The zero-order valence-corrected chi connectivity index (χ0v) is 7.73. The highest BCUT2D eigenvalue weighted by molar-refractivity contribution is 4.84. The van der Waals surface area contributed by atoms with Gasteiger partial charge in [-0.2, -0.15) is 0 Å². The summed E-state index contributed by atoms with van der Waals surface area (Å²) in [6, 6.07) is 0. The smallest absolute Gasteiger partial charge is 0.0976 e. The minimum absolute atomic E-state index is 0.0615. The van der Waals surface area contributed by atoms with Crippen molar-refractivity contribution in [3.63, 3.8) is 0 Å². The summed E-state index contributed by atoms with van der Waals surface area (Å²) >= 11 is 0. The van der Waals surface area contributed by atoms with Crippen molar-refractivity contribution in [1.29, 1.82) is 0 Å². The van der Waals surface area contributed by atoms with Gasteiger partial charge in [0.15, 0.2) is 0 Å². The predicted molar refractivity (Wildman–Crippen MR) is 46.6 cm³/mol. The van der Waals surface area contributed by atoms with Crippen LogP contribution in [-0.2, 0) is 4.74 Å². The maximum Gasteiger partial charge on any atom is 0.0976 e. The highest BCUT2D eigenvalue weighted by Gasteiger charge is 2.31. The number of ether oxygens (including phenoxy) is 1. The first-order valence-corrected chi connectivity index (χ1v) is 4.39. The van der Waals surface area contributed by atoms with Crippen LogP contribution in [0.25, 0.3) is 0 Å². The lowest BCUT2D eigenvalue weighted by atomic mass is 10.2. The highest BCUT2D eigenvalue weighted by atomic mass is 16.5. The molecular formula is C8H18N2O2. The summed E-state index contributed by atoms with van der Waals surface area (Å²) in [5.74, 6) is 0. The number of rotatable bonds is 3. The van der Waals surface area contributed by atoms with Crippen molar-refractivity contribution in [3.05, 3.63) is 0 Å². The molecule has 1 fully saturated rings. The van der Waals surface area contributed by atoms with E-state index in [2.05, 4.69) is 0 Å². The second-order valence-electron chi connectivity index (χ2n) is 3.51. The molecule has 0 bridgehead atoms. The van der Waals surface area contributed by atoms with Gasteiger partial charge in [-0.05, 0) is 13.8 Å². The molecule has 3 N–H and O–H groups in total. The van der Waals surface area contributed by atoms with Crippen LogP contribution < -0.4 is 5.73 Å². The van der Waals surface area contributed by atoms with Gasteiger partial charge < -0.3 is 15.6 Å². The number of aliphatic hydroxyl groups excluding tert-OH is 1. The molecule has 1 aliphatic heterocycles. The fourth-order valence-corrected chi connectivity index (χ4v) is 1.47. The Hall–Kier alpha value is -0.160. The maximum atomic E-state index is 9.52. The summed E-state index contributed by atoms with van der Waals surface area (Å²) in [5.41, 5.74) is 5.45. The normalized spacial score (nSPS) is 31.8. The highest BCUT2D eigenvalue weighted by Crippen LogP contribution is 2.13. The fraction of sp³-hybridized carbons (Fsp3) is 1.00. The van der Waals surface area contributed by atoms with Crippen molar-refractivity contribution < 1.29 is 9.84 Å². The van der Waals surface area contributed by atoms with E-state index in [-0.39, 0.29) is 18.3 Å². The van der Waals surface area contributed by atoms with Crippen LogP contribution in [0.1, 0.15) is 13.8 Å². The Balaban J connectivity index is 2.35. The van der Waals surface area contributed by atoms with Gasteiger partial charge in [0, 0.05) is 19.8 Å². The van der Waals surface area contributed by atoms with Gasteiger partial charge in [0.1, 0.15) is 0 Å². The lowest BCUT2D eigenvalue weighted by molar-refractivity contribution is -0.0395. The van der Waals surface area contributed by atoms with E-state index in [9.17, 15) is 5.11 Å². The van der Waals surface area contributed by atoms with Crippen molar-refractivity contribution in [2.24, 2.45) is 5.73 Å². The minimum Gasteiger partial charge on any atom is -0.389 e. The summed E-state index contributed by atoms with van der Waals surface area (Å²) < 4.78 is 5.51. The summed E-state index contributed by atoms with van der Waals surface area (Å²) in [6.07, 6.45) is -0.271. The third-order valence-corrected chi connectivity index (χ3v) is 2.02. The number of hydrogen-bond donors (Lipinski definition) is 2. The Morgan fingerprint density at radius 2 is 2.25 bits per heavy atom. The number of hydrogen-bond acceptors (Lipinski definition) is 4. The van der Waals surface area contributed by atoms with E-state index >= 15 is 0 Å². The molecule has 0 aliphatic carbocycles. The molecule has 1 saturated heterocycles. The molecule has 4 heteroatoms. The van der Waals surface area contributed by atoms with E-state index in [4.69, 9.17) is 10.5 Å². The zero-order valence-electron chi connectivity index (χ0n) is 7.73. The fourth-order valence-electron chi connectivity index (χ4n) is 1.47. The van der Waals surface area contributed by atoms with Crippen LogP contribution in [0.4, 0.5) is 0 Å². The van der Waals surface area contributed by atoms with Crippen molar-refractivity contribution >= 4 is 0 Å². The zero-order chi connectivity index (χ0) is 9.14. The molecular weight excluding hydrogens is 156 g/mol. The van der Waals surface area contributed by atoms with Crippen molar-refractivity contribution in [3.8, 4) is 0 Å². The van der Waals surface area contributed by atoms with Crippen molar-refractivity contribution in [2.45, 2.75) is 32.2 Å². The molecule has 0 spiro atoms. The Kier molecular flexibility index (Phi) is 3.46. The molecule has 0 amide bonds. The monoisotopic (exact) mass is 174 g/mol. The van der Waals surface area contributed by atoms with Gasteiger partial charge in [-0.1, -0.05) is 0 Å². The minimum atomic E-state index is -0.379. The standard InChI is InChI=1S/C8H18N2O2/c1-6(2)12-8-4-10(5-9)3-7(8)11/h6-8,11H,3-5,9H2,1-2H3/t7-,8+/m0/s1. The number of aliphatic hydroxyl groups is 1. The van der Waals surface area contributed by atoms with E-state index in [0.29, 0.717) is 13.2 Å². The Labute approximate surface area is 73.3 Å². The van der Waals surface area contributed by atoms with Crippen LogP contribution in [0.2, 0.25) is 0 Å². The van der Waals surface area contributed by atoms with Crippen LogP contribution in [-0.4, -0.2) is 48.1 Å². The van der Waals surface area contributed by atoms with Crippen LogP contribution in [0.15, 0.2) is 0 Å². The Morgan fingerprint density at radius 3 is 2.67 bits per heavy atom. The Morgan fingerprint density at radius 1 is 1.58 bits per heavy atom. The van der Waals surface area contributed by atoms with Crippen LogP contribution in [0, 0.1) is 0 Å². The first-order chi connectivity index (χ1) is 5.63. The molecule has 1 heterocycles. The summed E-state index contributed by atoms with van der Waals surface area (Å²) in [5, 5.41) is 9.52. The van der Waals surface area contributed by atoms with Gasteiger partial charge >= 0.3 is 0 Å². The van der Waals surface area contributed by atoms with Crippen LogP contribution >= 0.6 is 0 Å². The van der Waals surface area contributed by atoms with Gasteiger partial charge in [-0.3, -0.25) is 4.90 Å². The SMILES string of the molecule is CC(C)O[C@@H]1CN(CN)C[C@@H]1O. The molecule has 72 valence electrons. The van der Waals surface area contributed by atoms with Gasteiger partial charge in [0.25, 0.3) is 0 Å². The van der Waals surface area contributed by atoms with E-state index in [0.717, 1.165) is 6.54 Å². The average molecular weight is 174 g/mol. The number of nitrogens with two attached hydrogens (primary N) is 1. The molecule has 0 aromatic heterocycles. The third-order valence-electron chi connectivity index (χ3n) is 2.02. The van der Waals surface area contributed by atoms with E-state index in [1.165, 1.54) is 0 Å². The third kappa shape index (κ3) is 2.42. The Bertz CT molecular complexity index is 141. The predicted octanol–water partition coefficient (Wildman–Crippen LogP) is -0.627. The van der Waals surface area contributed by atoms with Crippen molar-refractivity contribution in [2.75, 3.05) is 19.8 Å². The molecule has 0 aromatic carbocycles. The maximum absolute atomic E-state index is 9.52. The molecule has 2 atom stereocenters. The summed E-state index contributed by atoms with van der Waals surface area (Å²) in [6.45, 7) is 5.81. The summed E-state index contributed by atoms with van der Waals surface area (Å²) in [7, 11) is 0. The van der Waals surface area contributed by atoms with E-state index in [1.54, 1.807) is 0 Å². The largest absolute Gasteiger partial charge is 0.389 e. The molecule has 0 unspecified atom stereocenters. The molecule has 1 rings (SSSR count). The molecule has 4 nitrogen and oxygen atoms in total. The van der Waals surface area contributed by atoms with Crippen LogP contribution in [0.3, 0.4) is 0 Å². The second kappa shape index (κ2) is 4.18. The molecule has 12 heavy (non-hydrogen) atoms. The molecule has 0 radical (unpaired) electrons. The average Bonchev–Trinajstić information content (AvgIpc) is 2.31. The summed E-state index contributed by atoms with van der Waals surface area (Å²) in [4.78, 5) is 1.98. The quantitative estimate of drug-likeness (QED) is 0.598. The van der Waals surface area contributed by atoms with Gasteiger partial charge in [-0.25, -0.2) is 0 Å². The van der Waals surface area contributed by atoms with E-state index in [1.807, 2.05) is 18.7 Å². The van der Waals surface area contributed by atoms with Crippen LogP contribution in [0.5, 0.6) is 0 Å².